The molecule has 0 aliphatic rings. The second-order valence-corrected chi connectivity index (χ2v) is 3.94. The zero-order valence-electron chi connectivity index (χ0n) is 7.20. The minimum absolute atomic E-state index is 0.127. The zero-order valence-corrected chi connectivity index (χ0v) is 8.10. The number of nitrogens with one attached hydrogen (secondary N) is 1. The quantitative estimate of drug-likeness (QED) is 0.482. The van der Waals surface area contributed by atoms with Gasteiger partial charge in [0.2, 0.25) is 0 Å². The van der Waals surface area contributed by atoms with Crippen LogP contribution < -0.4 is 5.32 Å². The minimum Gasteiger partial charge on any atom is -0.336 e. The second kappa shape index (κ2) is 6.17. The first-order valence-electron chi connectivity index (χ1n) is 3.66. The molecular weight excluding hydrogens is 181 g/mol. The van der Waals surface area contributed by atoms with E-state index in [1.54, 1.807) is 13.8 Å². The Balaban J connectivity index is 3.98. The fourth-order valence-electron chi connectivity index (χ4n) is 0.651. The topological polar surface area (TPSA) is 64.6 Å². The molecule has 6 heteroatoms. The molecule has 0 unspecified atom stereocenters. The van der Waals surface area contributed by atoms with Crippen LogP contribution >= 0.6 is 7.60 Å². The van der Waals surface area contributed by atoms with Gasteiger partial charge in [-0.15, -0.1) is 0 Å². The summed E-state index contributed by atoms with van der Waals surface area (Å²) in [5.74, 6) is 0. The van der Waals surface area contributed by atoms with Crippen LogP contribution in [0.5, 0.6) is 0 Å². The summed E-state index contributed by atoms with van der Waals surface area (Å²) in [7, 11) is -3.11. The molecule has 0 saturated carbocycles. The Hall–Kier alpha value is -0.380. The highest BCUT2D eigenvalue weighted by atomic mass is 31.2. The highest BCUT2D eigenvalue weighted by Gasteiger charge is 2.22. The molecule has 5 nitrogen and oxygen atoms in total. The van der Waals surface area contributed by atoms with E-state index in [0.717, 1.165) is 0 Å². The van der Waals surface area contributed by atoms with Gasteiger partial charge in [-0.25, -0.2) is 0 Å². The van der Waals surface area contributed by atoms with Gasteiger partial charge in [0, 0.05) is 0 Å². The number of carbonyl (C=O) groups excluding carboxylic acids is 1. The van der Waals surface area contributed by atoms with E-state index in [0.29, 0.717) is 0 Å². The smallest absolute Gasteiger partial charge is 0.336 e. The molecule has 0 aromatic rings. The average Bonchev–Trinajstić information content (AvgIpc) is 2.02. The van der Waals surface area contributed by atoms with E-state index in [1.807, 2.05) is 0 Å². The van der Waals surface area contributed by atoms with Crippen LogP contribution in [0.25, 0.3) is 0 Å². The molecule has 0 aliphatic carbocycles. The van der Waals surface area contributed by atoms with Crippen LogP contribution in [-0.2, 0) is 18.4 Å². The largest absolute Gasteiger partial charge is 0.349 e. The molecule has 0 aromatic carbocycles. The lowest BCUT2D eigenvalue weighted by Gasteiger charge is -2.15. The van der Waals surface area contributed by atoms with Gasteiger partial charge in [-0.05, 0) is 13.8 Å². The highest BCUT2D eigenvalue weighted by Crippen LogP contribution is 2.46. The Morgan fingerprint density at radius 2 is 1.83 bits per heavy atom. The van der Waals surface area contributed by atoms with Crippen LogP contribution in [0.3, 0.4) is 0 Å². The summed E-state index contributed by atoms with van der Waals surface area (Å²) >= 11 is 0. The second-order valence-electron chi connectivity index (χ2n) is 1.88. The van der Waals surface area contributed by atoms with E-state index in [1.165, 1.54) is 6.41 Å². The first kappa shape index (κ1) is 11.6. The van der Waals surface area contributed by atoms with Gasteiger partial charge in [-0.1, -0.05) is 0 Å². The van der Waals surface area contributed by atoms with Crippen LogP contribution in [0.1, 0.15) is 13.8 Å². The molecule has 0 spiro atoms. The molecule has 71 valence electrons. The molecule has 0 aliphatic heterocycles. The van der Waals surface area contributed by atoms with Gasteiger partial charge in [0.05, 0.1) is 13.2 Å². The third-order valence-electron chi connectivity index (χ3n) is 0.996. The minimum atomic E-state index is -3.11. The van der Waals surface area contributed by atoms with Crippen molar-refractivity contribution in [1.29, 1.82) is 0 Å². The summed E-state index contributed by atoms with van der Waals surface area (Å²) in [6.45, 7) is 3.99. The van der Waals surface area contributed by atoms with E-state index >= 15 is 0 Å². The van der Waals surface area contributed by atoms with Crippen LogP contribution in [0.2, 0.25) is 0 Å². The maximum Gasteiger partial charge on any atom is 0.349 e. The number of rotatable bonds is 7. The monoisotopic (exact) mass is 194 g/mol. The SMILES string of the molecule is CCOP(=O)(CN[C]=O)OCC. The van der Waals surface area contributed by atoms with Crippen molar-refractivity contribution in [3.8, 4) is 0 Å². The van der Waals surface area contributed by atoms with Crippen molar-refractivity contribution in [2.45, 2.75) is 13.8 Å². The Morgan fingerprint density at radius 1 is 1.33 bits per heavy atom. The maximum absolute atomic E-state index is 11.5. The van der Waals surface area contributed by atoms with Crippen molar-refractivity contribution in [3.63, 3.8) is 0 Å². The molecular formula is C6H13NO4P. The Morgan fingerprint density at radius 3 is 2.17 bits per heavy atom. The van der Waals surface area contributed by atoms with E-state index in [2.05, 4.69) is 5.32 Å². The summed E-state index contributed by atoms with van der Waals surface area (Å²) in [5.41, 5.74) is 0. The van der Waals surface area contributed by atoms with Gasteiger partial charge in [-0.3, -0.25) is 9.36 Å². The van der Waals surface area contributed by atoms with E-state index < -0.39 is 7.60 Å². The first-order chi connectivity index (χ1) is 5.68. The molecule has 0 saturated heterocycles. The molecule has 0 bridgehead atoms. The molecule has 0 heterocycles. The van der Waals surface area contributed by atoms with Crippen molar-refractivity contribution in [1.82, 2.24) is 5.32 Å². The lowest BCUT2D eigenvalue weighted by Crippen LogP contribution is -2.15. The number of hydrogen-bond acceptors (Lipinski definition) is 4. The van der Waals surface area contributed by atoms with Gasteiger partial charge in [0.25, 0.3) is 0 Å². The van der Waals surface area contributed by atoms with Crippen LogP contribution in [0.15, 0.2) is 0 Å². The average molecular weight is 194 g/mol. The van der Waals surface area contributed by atoms with Crippen LogP contribution in [-0.4, -0.2) is 25.9 Å². The van der Waals surface area contributed by atoms with Crippen LogP contribution in [0.4, 0.5) is 0 Å². The molecule has 12 heavy (non-hydrogen) atoms. The van der Waals surface area contributed by atoms with Crippen molar-refractivity contribution in [2.24, 2.45) is 0 Å². The first-order valence-corrected chi connectivity index (χ1v) is 5.39. The van der Waals surface area contributed by atoms with Crippen molar-refractivity contribution >= 4 is 14.0 Å². The van der Waals surface area contributed by atoms with E-state index in [9.17, 15) is 9.36 Å². The normalized spacial score (nSPS) is 11.2. The summed E-state index contributed by atoms with van der Waals surface area (Å²) in [6.07, 6.45) is 1.28. The predicted molar refractivity (Wildman–Crippen MR) is 44.6 cm³/mol. The van der Waals surface area contributed by atoms with Crippen LogP contribution in [0, 0.1) is 0 Å². The summed E-state index contributed by atoms with van der Waals surface area (Å²) in [4.78, 5) is 9.79. The molecule has 1 amide bonds. The van der Waals surface area contributed by atoms with Gasteiger partial charge in [0.1, 0.15) is 6.29 Å². The Kier molecular flexibility index (Phi) is 5.98. The van der Waals surface area contributed by atoms with Gasteiger partial charge in [0.15, 0.2) is 0 Å². The van der Waals surface area contributed by atoms with E-state index in [4.69, 9.17) is 9.05 Å². The molecule has 0 fully saturated rings. The summed E-state index contributed by atoms with van der Waals surface area (Å²) < 4.78 is 21.2. The molecule has 1 radical (unpaired) electrons. The van der Waals surface area contributed by atoms with Crippen molar-refractivity contribution in [3.05, 3.63) is 0 Å². The summed E-state index contributed by atoms with van der Waals surface area (Å²) in [6, 6.07) is 0. The third kappa shape index (κ3) is 4.49. The Labute approximate surface area is 72.0 Å². The van der Waals surface area contributed by atoms with Gasteiger partial charge in [-0.2, -0.15) is 0 Å². The zero-order chi connectivity index (χ0) is 9.45. The highest BCUT2D eigenvalue weighted by molar-refractivity contribution is 7.53. The lowest BCUT2D eigenvalue weighted by atomic mass is 10.9. The Bertz CT molecular complexity index is 163. The standard InChI is InChI=1S/C6H13NO4P/c1-3-10-12(9,11-4-2)6-7-5-8/h3-4,6H2,1-2H3,(H,7,8). The van der Waals surface area contributed by atoms with Gasteiger partial charge < -0.3 is 14.4 Å². The number of hydrogen-bond donors (Lipinski definition) is 1. The predicted octanol–water partition coefficient (Wildman–Crippen LogP) is 0.867. The molecule has 0 atom stereocenters. The fraction of sp³-hybridized carbons (Fsp3) is 0.833. The molecule has 1 N–H and O–H groups in total. The van der Waals surface area contributed by atoms with Gasteiger partial charge >= 0.3 is 14.0 Å². The lowest BCUT2D eigenvalue weighted by molar-refractivity contribution is 0.219. The van der Waals surface area contributed by atoms with Crippen molar-refractivity contribution in [2.75, 3.05) is 19.5 Å². The fourth-order valence-corrected chi connectivity index (χ4v) is 1.95. The maximum atomic E-state index is 11.5. The van der Waals surface area contributed by atoms with E-state index in [-0.39, 0.29) is 19.5 Å². The summed E-state index contributed by atoms with van der Waals surface area (Å²) in [5, 5.41) is 2.14. The number of amides is 1. The molecule has 0 aromatic heterocycles. The van der Waals surface area contributed by atoms with Crippen molar-refractivity contribution < 1.29 is 18.4 Å². The third-order valence-corrected chi connectivity index (χ3v) is 2.85. The molecule has 0 rings (SSSR count).